The van der Waals surface area contributed by atoms with Gasteiger partial charge < -0.3 is 10.1 Å². The molecule has 8 heteroatoms. The van der Waals surface area contributed by atoms with E-state index in [0.717, 1.165) is 18.7 Å². The Labute approximate surface area is 147 Å². The topological polar surface area (TPSA) is 75.7 Å². The number of carbonyl (C=O) groups excluding carboxylic acids is 1. The van der Waals surface area contributed by atoms with Gasteiger partial charge in [0, 0.05) is 19.6 Å². The molecule has 138 valence electrons. The van der Waals surface area contributed by atoms with Gasteiger partial charge in [0.25, 0.3) is 0 Å². The molecule has 2 atom stereocenters. The van der Waals surface area contributed by atoms with Crippen LogP contribution in [-0.4, -0.2) is 63.6 Å². The minimum Gasteiger partial charge on any atom is -0.379 e. The van der Waals surface area contributed by atoms with Crippen LogP contribution in [0.5, 0.6) is 0 Å². The lowest BCUT2D eigenvalue weighted by atomic mass is 10.0. The smallest absolute Gasteiger partial charge is 0.224 e. The first-order valence-electron chi connectivity index (χ1n) is 8.50. The van der Waals surface area contributed by atoms with Crippen molar-refractivity contribution in [3.8, 4) is 0 Å². The largest absolute Gasteiger partial charge is 0.379 e. The number of hydrogen-bond acceptors (Lipinski definition) is 5. The minimum atomic E-state index is -3.09. The second-order valence-corrected chi connectivity index (χ2v) is 8.79. The average molecular weight is 370 g/mol. The normalized spacial score (nSPS) is 24.8. The van der Waals surface area contributed by atoms with Gasteiger partial charge in [-0.05, 0) is 24.1 Å². The van der Waals surface area contributed by atoms with Gasteiger partial charge in [-0.25, -0.2) is 12.8 Å². The summed E-state index contributed by atoms with van der Waals surface area (Å²) in [7, 11) is -3.09. The first-order valence-corrected chi connectivity index (χ1v) is 10.3. The van der Waals surface area contributed by atoms with E-state index in [-0.39, 0.29) is 29.3 Å². The van der Waals surface area contributed by atoms with Crippen molar-refractivity contribution >= 4 is 15.7 Å². The molecule has 0 unspecified atom stereocenters. The molecule has 1 aromatic carbocycles. The van der Waals surface area contributed by atoms with Gasteiger partial charge in [0.1, 0.15) is 5.82 Å². The molecular formula is C17H23FN2O4S. The van der Waals surface area contributed by atoms with Crippen LogP contribution in [0.1, 0.15) is 18.0 Å². The van der Waals surface area contributed by atoms with Crippen molar-refractivity contribution in [3.63, 3.8) is 0 Å². The number of benzene rings is 1. The Morgan fingerprint density at radius 3 is 2.56 bits per heavy atom. The molecular weight excluding hydrogens is 347 g/mol. The number of halogens is 1. The van der Waals surface area contributed by atoms with Crippen molar-refractivity contribution in [2.45, 2.75) is 12.5 Å². The number of hydrogen-bond donors (Lipinski definition) is 1. The third kappa shape index (κ3) is 4.77. The summed E-state index contributed by atoms with van der Waals surface area (Å²) in [5.41, 5.74) is 0.919. The van der Waals surface area contributed by atoms with Crippen molar-refractivity contribution in [3.05, 3.63) is 35.6 Å². The van der Waals surface area contributed by atoms with Gasteiger partial charge in [-0.1, -0.05) is 12.1 Å². The van der Waals surface area contributed by atoms with Gasteiger partial charge in [0.05, 0.1) is 36.7 Å². The van der Waals surface area contributed by atoms with E-state index in [9.17, 15) is 17.6 Å². The number of sulfone groups is 1. The second kappa shape index (κ2) is 7.80. The Balaban J connectivity index is 1.67. The molecule has 1 amide bonds. The number of ether oxygens (including phenoxy) is 1. The van der Waals surface area contributed by atoms with Gasteiger partial charge in [0.2, 0.25) is 5.91 Å². The van der Waals surface area contributed by atoms with Gasteiger partial charge in [-0.3, -0.25) is 9.69 Å². The van der Waals surface area contributed by atoms with Crippen LogP contribution in [-0.2, 0) is 19.4 Å². The summed E-state index contributed by atoms with van der Waals surface area (Å²) in [6.45, 7) is 3.06. The van der Waals surface area contributed by atoms with Crippen molar-refractivity contribution in [2.24, 2.45) is 5.92 Å². The van der Waals surface area contributed by atoms with Crippen LogP contribution >= 0.6 is 0 Å². The van der Waals surface area contributed by atoms with Gasteiger partial charge in [0.15, 0.2) is 9.84 Å². The third-order valence-electron chi connectivity index (χ3n) is 4.81. The number of nitrogens with zero attached hydrogens (tertiary/aromatic N) is 1. The number of nitrogens with one attached hydrogen (secondary N) is 1. The molecule has 0 aliphatic carbocycles. The fourth-order valence-electron chi connectivity index (χ4n) is 3.38. The number of amides is 1. The zero-order valence-corrected chi connectivity index (χ0v) is 14.8. The fraction of sp³-hybridized carbons (Fsp3) is 0.588. The summed E-state index contributed by atoms with van der Waals surface area (Å²) in [6.07, 6.45) is 0.382. The van der Waals surface area contributed by atoms with E-state index in [2.05, 4.69) is 10.2 Å². The van der Waals surface area contributed by atoms with E-state index in [4.69, 9.17) is 4.74 Å². The maximum atomic E-state index is 13.2. The molecule has 0 radical (unpaired) electrons. The Hall–Kier alpha value is -1.51. The zero-order chi connectivity index (χ0) is 17.9. The van der Waals surface area contributed by atoms with Crippen LogP contribution in [0.3, 0.4) is 0 Å². The molecule has 0 saturated carbocycles. The molecule has 1 aromatic rings. The van der Waals surface area contributed by atoms with Crippen molar-refractivity contribution in [2.75, 3.05) is 44.4 Å². The zero-order valence-electron chi connectivity index (χ0n) is 14.0. The Morgan fingerprint density at radius 2 is 1.96 bits per heavy atom. The first kappa shape index (κ1) is 18.3. The lowest BCUT2D eigenvalue weighted by Crippen LogP contribution is -2.44. The highest BCUT2D eigenvalue weighted by molar-refractivity contribution is 7.91. The van der Waals surface area contributed by atoms with Crippen molar-refractivity contribution in [1.82, 2.24) is 10.2 Å². The summed E-state index contributed by atoms with van der Waals surface area (Å²) in [5, 5.41) is 2.89. The SMILES string of the molecule is O=C(NC[C@@H](c1ccc(F)cc1)N1CCOCC1)[C@@H]1CCS(=O)(=O)C1. The molecule has 0 spiro atoms. The van der Waals surface area contributed by atoms with Gasteiger partial charge >= 0.3 is 0 Å². The maximum Gasteiger partial charge on any atom is 0.224 e. The fourth-order valence-corrected chi connectivity index (χ4v) is 5.12. The minimum absolute atomic E-state index is 0.0718. The molecule has 6 nitrogen and oxygen atoms in total. The second-order valence-electron chi connectivity index (χ2n) is 6.56. The Kier molecular flexibility index (Phi) is 5.71. The molecule has 1 N–H and O–H groups in total. The molecule has 2 aliphatic heterocycles. The first-order chi connectivity index (χ1) is 11.9. The molecule has 3 rings (SSSR count). The highest BCUT2D eigenvalue weighted by Crippen LogP contribution is 2.23. The standard InChI is InChI=1S/C17H23FN2O4S/c18-15-3-1-13(2-4-15)16(20-6-8-24-9-7-20)11-19-17(21)14-5-10-25(22,23)12-14/h1-4,14,16H,5-12H2,(H,19,21)/t14-,16+/m1/s1. The molecule has 2 heterocycles. The van der Waals surface area contributed by atoms with Crippen LogP contribution in [0.4, 0.5) is 4.39 Å². The Bertz CT molecular complexity index is 702. The number of rotatable bonds is 5. The molecule has 2 aliphatic rings. The summed E-state index contributed by atoms with van der Waals surface area (Å²) in [4.78, 5) is 14.5. The highest BCUT2D eigenvalue weighted by atomic mass is 32.2. The van der Waals surface area contributed by atoms with E-state index in [1.807, 2.05) is 0 Å². The summed E-state index contributed by atoms with van der Waals surface area (Å²) in [5.74, 6) is -0.984. The quantitative estimate of drug-likeness (QED) is 0.828. The van der Waals surface area contributed by atoms with Crippen LogP contribution < -0.4 is 5.32 Å². The average Bonchev–Trinajstić information content (AvgIpc) is 2.97. The van der Waals surface area contributed by atoms with E-state index in [1.54, 1.807) is 12.1 Å². The third-order valence-corrected chi connectivity index (χ3v) is 6.58. The van der Waals surface area contributed by atoms with Crippen LogP contribution in [0.25, 0.3) is 0 Å². The molecule has 0 bridgehead atoms. The molecule has 25 heavy (non-hydrogen) atoms. The molecule has 2 fully saturated rings. The van der Waals surface area contributed by atoms with Gasteiger partial charge in [-0.15, -0.1) is 0 Å². The van der Waals surface area contributed by atoms with E-state index in [0.29, 0.717) is 26.2 Å². The molecule has 0 aromatic heterocycles. The van der Waals surface area contributed by atoms with E-state index >= 15 is 0 Å². The number of carbonyl (C=O) groups is 1. The molecule has 2 saturated heterocycles. The van der Waals surface area contributed by atoms with Crippen molar-refractivity contribution in [1.29, 1.82) is 0 Å². The van der Waals surface area contributed by atoms with Crippen LogP contribution in [0, 0.1) is 11.7 Å². The lowest BCUT2D eigenvalue weighted by Gasteiger charge is -2.35. The Morgan fingerprint density at radius 1 is 1.28 bits per heavy atom. The summed E-state index contributed by atoms with van der Waals surface area (Å²) >= 11 is 0. The predicted octanol–water partition coefficient (Wildman–Crippen LogP) is 0.750. The number of morpholine rings is 1. The van der Waals surface area contributed by atoms with E-state index in [1.165, 1.54) is 12.1 Å². The summed E-state index contributed by atoms with van der Waals surface area (Å²) in [6, 6.07) is 6.18. The predicted molar refractivity (Wildman–Crippen MR) is 91.3 cm³/mol. The van der Waals surface area contributed by atoms with Gasteiger partial charge in [-0.2, -0.15) is 0 Å². The highest BCUT2D eigenvalue weighted by Gasteiger charge is 2.33. The van der Waals surface area contributed by atoms with Crippen LogP contribution in [0.15, 0.2) is 24.3 Å². The van der Waals surface area contributed by atoms with Crippen molar-refractivity contribution < 1.29 is 22.3 Å². The lowest BCUT2D eigenvalue weighted by molar-refractivity contribution is -0.124. The van der Waals surface area contributed by atoms with E-state index < -0.39 is 15.8 Å². The summed E-state index contributed by atoms with van der Waals surface area (Å²) < 4.78 is 41.7. The maximum absolute atomic E-state index is 13.2. The van der Waals surface area contributed by atoms with Crippen LogP contribution in [0.2, 0.25) is 0 Å². The monoisotopic (exact) mass is 370 g/mol.